The van der Waals surface area contributed by atoms with Crippen LogP contribution in [0.4, 0.5) is 10.2 Å². The van der Waals surface area contributed by atoms with Crippen molar-refractivity contribution in [2.75, 3.05) is 18.0 Å². The van der Waals surface area contributed by atoms with Gasteiger partial charge in [0.1, 0.15) is 11.6 Å². The van der Waals surface area contributed by atoms with Gasteiger partial charge in [-0.05, 0) is 60.2 Å². The molecule has 6 heteroatoms. The standard InChI is InChI=1S/C26H29FN4O/c1-18(2)20-5-3-19(4-6-20)17-29-26(32)22-12-15-31(16-13-22)24-11-14-28-25(30-24)21-7-9-23(27)10-8-21/h3-11,14,18,22H,12-13,15-17H2,1-2H3,(H,29,32). The number of halogens is 1. The van der Waals surface area contributed by atoms with Crippen LogP contribution in [0.3, 0.4) is 0 Å². The second-order valence-corrected chi connectivity index (χ2v) is 8.62. The molecule has 0 bridgehead atoms. The monoisotopic (exact) mass is 432 g/mol. The minimum Gasteiger partial charge on any atom is -0.356 e. The molecule has 4 rings (SSSR count). The van der Waals surface area contributed by atoms with Crippen molar-refractivity contribution in [2.24, 2.45) is 5.92 Å². The molecule has 1 aliphatic heterocycles. The Kier molecular flexibility index (Phi) is 6.78. The third-order valence-corrected chi connectivity index (χ3v) is 6.05. The number of aromatic nitrogens is 2. The minimum atomic E-state index is -0.280. The van der Waals surface area contributed by atoms with Crippen LogP contribution in [0.5, 0.6) is 0 Å². The quantitative estimate of drug-likeness (QED) is 0.600. The molecule has 2 heterocycles. The third-order valence-electron chi connectivity index (χ3n) is 6.05. The fourth-order valence-electron chi connectivity index (χ4n) is 3.99. The highest BCUT2D eigenvalue weighted by molar-refractivity contribution is 5.79. The lowest BCUT2D eigenvalue weighted by Crippen LogP contribution is -2.40. The van der Waals surface area contributed by atoms with Gasteiger partial charge in [0.15, 0.2) is 5.82 Å². The molecule has 0 radical (unpaired) electrons. The molecule has 0 aliphatic carbocycles. The van der Waals surface area contributed by atoms with Crippen LogP contribution in [0.2, 0.25) is 0 Å². The average Bonchev–Trinajstić information content (AvgIpc) is 2.83. The van der Waals surface area contributed by atoms with E-state index < -0.39 is 0 Å². The number of carbonyl (C=O) groups excluding carboxylic acids is 1. The fraction of sp³-hybridized carbons (Fsp3) is 0.346. The van der Waals surface area contributed by atoms with E-state index in [9.17, 15) is 9.18 Å². The topological polar surface area (TPSA) is 58.1 Å². The molecular formula is C26H29FN4O. The lowest BCUT2D eigenvalue weighted by molar-refractivity contribution is -0.125. The Balaban J connectivity index is 1.30. The predicted molar refractivity (Wildman–Crippen MR) is 125 cm³/mol. The van der Waals surface area contributed by atoms with Crippen LogP contribution >= 0.6 is 0 Å². The summed E-state index contributed by atoms with van der Waals surface area (Å²) in [5, 5.41) is 3.09. The first kappa shape index (κ1) is 21.9. The van der Waals surface area contributed by atoms with E-state index in [4.69, 9.17) is 0 Å². The molecule has 1 N–H and O–H groups in total. The molecule has 0 atom stereocenters. The molecule has 1 aromatic heterocycles. The van der Waals surface area contributed by atoms with E-state index in [1.54, 1.807) is 18.3 Å². The lowest BCUT2D eigenvalue weighted by Gasteiger charge is -2.32. The summed E-state index contributed by atoms with van der Waals surface area (Å²) in [6.07, 6.45) is 3.30. The number of amides is 1. The number of carbonyl (C=O) groups is 1. The van der Waals surface area contributed by atoms with Gasteiger partial charge in [0.2, 0.25) is 5.91 Å². The number of nitrogens with zero attached hydrogens (tertiary/aromatic N) is 3. The van der Waals surface area contributed by atoms with Crippen molar-refractivity contribution >= 4 is 11.7 Å². The van der Waals surface area contributed by atoms with Crippen LogP contribution in [0.15, 0.2) is 60.8 Å². The Morgan fingerprint density at radius 3 is 2.41 bits per heavy atom. The van der Waals surface area contributed by atoms with E-state index in [1.165, 1.54) is 17.7 Å². The Morgan fingerprint density at radius 2 is 1.75 bits per heavy atom. The molecule has 2 aromatic carbocycles. The number of anilines is 1. The Hall–Kier alpha value is -3.28. The highest BCUT2D eigenvalue weighted by Crippen LogP contribution is 2.24. The number of hydrogen-bond donors (Lipinski definition) is 1. The van der Waals surface area contributed by atoms with Gasteiger partial charge in [-0.2, -0.15) is 0 Å². The van der Waals surface area contributed by atoms with Gasteiger partial charge < -0.3 is 10.2 Å². The van der Waals surface area contributed by atoms with E-state index in [1.807, 2.05) is 6.07 Å². The van der Waals surface area contributed by atoms with Gasteiger partial charge >= 0.3 is 0 Å². The van der Waals surface area contributed by atoms with Crippen LogP contribution in [-0.2, 0) is 11.3 Å². The summed E-state index contributed by atoms with van der Waals surface area (Å²) < 4.78 is 13.2. The van der Waals surface area contributed by atoms with Gasteiger partial charge in [0.25, 0.3) is 0 Å². The van der Waals surface area contributed by atoms with Crippen molar-refractivity contribution < 1.29 is 9.18 Å². The number of hydrogen-bond acceptors (Lipinski definition) is 4. The lowest BCUT2D eigenvalue weighted by atomic mass is 9.95. The molecule has 32 heavy (non-hydrogen) atoms. The van der Waals surface area contributed by atoms with Crippen molar-refractivity contribution in [2.45, 2.75) is 39.2 Å². The summed E-state index contributed by atoms with van der Waals surface area (Å²) in [6, 6.07) is 16.5. The molecule has 1 fully saturated rings. The molecule has 3 aromatic rings. The minimum absolute atomic E-state index is 0.0135. The fourth-order valence-corrected chi connectivity index (χ4v) is 3.99. The summed E-state index contributed by atoms with van der Waals surface area (Å²) >= 11 is 0. The van der Waals surface area contributed by atoms with E-state index in [2.05, 4.69) is 58.3 Å². The molecular weight excluding hydrogens is 403 g/mol. The van der Waals surface area contributed by atoms with Crippen molar-refractivity contribution in [1.82, 2.24) is 15.3 Å². The number of benzene rings is 2. The van der Waals surface area contributed by atoms with Gasteiger partial charge in [-0.15, -0.1) is 0 Å². The maximum Gasteiger partial charge on any atom is 0.223 e. The van der Waals surface area contributed by atoms with Gasteiger partial charge in [-0.1, -0.05) is 38.1 Å². The summed E-state index contributed by atoms with van der Waals surface area (Å²) in [5.41, 5.74) is 3.21. The van der Waals surface area contributed by atoms with Gasteiger partial charge in [0, 0.05) is 37.3 Å². The molecule has 0 unspecified atom stereocenters. The van der Waals surface area contributed by atoms with Crippen LogP contribution in [0.25, 0.3) is 11.4 Å². The largest absolute Gasteiger partial charge is 0.356 e. The molecule has 0 spiro atoms. The van der Waals surface area contributed by atoms with Crippen molar-refractivity contribution in [3.63, 3.8) is 0 Å². The Morgan fingerprint density at radius 1 is 1.06 bits per heavy atom. The summed E-state index contributed by atoms with van der Waals surface area (Å²) in [5.74, 6) is 1.77. The van der Waals surface area contributed by atoms with Crippen LogP contribution in [0, 0.1) is 11.7 Å². The van der Waals surface area contributed by atoms with Crippen molar-refractivity contribution in [1.29, 1.82) is 0 Å². The van der Waals surface area contributed by atoms with Crippen molar-refractivity contribution in [3.05, 3.63) is 77.7 Å². The zero-order valence-electron chi connectivity index (χ0n) is 18.6. The second-order valence-electron chi connectivity index (χ2n) is 8.62. The Labute approximate surface area is 188 Å². The second kappa shape index (κ2) is 9.90. The molecule has 1 saturated heterocycles. The SMILES string of the molecule is CC(C)c1ccc(CNC(=O)C2CCN(c3ccnc(-c4ccc(F)cc4)n3)CC2)cc1. The van der Waals surface area contributed by atoms with Crippen molar-refractivity contribution in [3.8, 4) is 11.4 Å². The zero-order chi connectivity index (χ0) is 22.5. The molecule has 0 saturated carbocycles. The number of nitrogens with one attached hydrogen (secondary N) is 1. The first-order valence-electron chi connectivity index (χ1n) is 11.2. The summed E-state index contributed by atoms with van der Waals surface area (Å²) in [6.45, 7) is 6.44. The van der Waals surface area contributed by atoms with Crippen LogP contribution < -0.4 is 10.2 Å². The van der Waals surface area contributed by atoms with Crippen LogP contribution in [-0.4, -0.2) is 29.0 Å². The van der Waals surface area contributed by atoms with E-state index in [0.29, 0.717) is 18.3 Å². The normalized spacial score (nSPS) is 14.6. The highest BCUT2D eigenvalue weighted by atomic mass is 19.1. The molecule has 5 nitrogen and oxygen atoms in total. The first-order chi connectivity index (χ1) is 15.5. The average molecular weight is 433 g/mol. The summed E-state index contributed by atoms with van der Waals surface area (Å²) in [7, 11) is 0. The van der Waals surface area contributed by atoms with E-state index in [-0.39, 0.29) is 17.6 Å². The summed E-state index contributed by atoms with van der Waals surface area (Å²) in [4.78, 5) is 23.8. The van der Waals surface area contributed by atoms with E-state index in [0.717, 1.165) is 42.9 Å². The van der Waals surface area contributed by atoms with Gasteiger partial charge in [-0.3, -0.25) is 4.79 Å². The smallest absolute Gasteiger partial charge is 0.223 e. The van der Waals surface area contributed by atoms with Gasteiger partial charge in [0.05, 0.1) is 0 Å². The van der Waals surface area contributed by atoms with Crippen LogP contribution in [0.1, 0.15) is 43.7 Å². The predicted octanol–water partition coefficient (Wildman–Crippen LogP) is 4.94. The molecule has 1 aliphatic rings. The first-order valence-corrected chi connectivity index (χ1v) is 11.2. The molecule has 166 valence electrons. The highest BCUT2D eigenvalue weighted by Gasteiger charge is 2.25. The maximum absolute atomic E-state index is 13.2. The number of piperidine rings is 1. The zero-order valence-corrected chi connectivity index (χ0v) is 18.6. The number of rotatable bonds is 6. The maximum atomic E-state index is 13.2. The Bertz CT molecular complexity index is 1040. The third kappa shape index (κ3) is 5.31. The van der Waals surface area contributed by atoms with Gasteiger partial charge in [-0.25, -0.2) is 14.4 Å². The van der Waals surface area contributed by atoms with E-state index >= 15 is 0 Å². The molecule has 1 amide bonds.